The quantitative estimate of drug-likeness (QED) is 0.853. The van der Waals surface area contributed by atoms with Crippen LogP contribution in [0.5, 0.6) is 5.75 Å². The second-order valence-electron chi connectivity index (χ2n) is 5.14. The summed E-state index contributed by atoms with van der Waals surface area (Å²) >= 11 is 0. The summed E-state index contributed by atoms with van der Waals surface area (Å²) in [6.45, 7) is 4.33. The van der Waals surface area contributed by atoms with Crippen LogP contribution < -0.4 is 15.4 Å². The van der Waals surface area contributed by atoms with E-state index < -0.39 is 0 Å². The molecule has 0 spiro atoms. The Labute approximate surface area is 136 Å². The molecule has 2 aromatic carbocycles. The molecule has 0 fully saturated rings. The molecule has 0 heterocycles. The molecule has 4 nitrogen and oxygen atoms in total. The van der Waals surface area contributed by atoms with Gasteiger partial charge in [-0.25, -0.2) is 4.79 Å². The van der Waals surface area contributed by atoms with Gasteiger partial charge in [0.05, 0.1) is 13.7 Å². The van der Waals surface area contributed by atoms with Crippen molar-refractivity contribution in [2.75, 3.05) is 19.0 Å². The van der Waals surface area contributed by atoms with Crippen LogP contribution in [0.15, 0.2) is 42.5 Å². The average molecular weight is 308 g/mol. The third-order valence-corrected chi connectivity index (χ3v) is 3.42. The fourth-order valence-corrected chi connectivity index (χ4v) is 1.94. The molecule has 0 atom stereocenters. The van der Waals surface area contributed by atoms with Crippen LogP contribution in [0, 0.1) is 25.7 Å². The van der Waals surface area contributed by atoms with Crippen LogP contribution in [-0.4, -0.2) is 19.7 Å². The minimum atomic E-state index is -0.266. The van der Waals surface area contributed by atoms with E-state index in [0.717, 1.165) is 22.6 Å². The van der Waals surface area contributed by atoms with Crippen molar-refractivity contribution in [3.8, 4) is 17.6 Å². The van der Waals surface area contributed by atoms with Crippen molar-refractivity contribution in [1.29, 1.82) is 0 Å². The average Bonchev–Trinajstić information content (AvgIpc) is 2.55. The Hall–Kier alpha value is -2.93. The van der Waals surface area contributed by atoms with E-state index in [-0.39, 0.29) is 12.6 Å². The fourth-order valence-electron chi connectivity index (χ4n) is 1.94. The largest absolute Gasteiger partial charge is 0.497 e. The molecule has 0 aliphatic rings. The summed E-state index contributed by atoms with van der Waals surface area (Å²) < 4.78 is 5.09. The molecule has 0 aliphatic heterocycles. The maximum Gasteiger partial charge on any atom is 0.319 e. The van der Waals surface area contributed by atoms with Crippen LogP contribution in [0.2, 0.25) is 0 Å². The molecular weight excluding hydrogens is 288 g/mol. The number of carbonyl (C=O) groups excluding carboxylic acids is 1. The molecule has 4 heteroatoms. The van der Waals surface area contributed by atoms with Gasteiger partial charge in [0.25, 0.3) is 0 Å². The Bertz CT molecular complexity index is 740. The van der Waals surface area contributed by atoms with Crippen LogP contribution in [0.25, 0.3) is 0 Å². The van der Waals surface area contributed by atoms with Crippen LogP contribution >= 0.6 is 0 Å². The highest BCUT2D eigenvalue weighted by atomic mass is 16.5. The second kappa shape index (κ2) is 7.90. The number of methoxy groups -OCH3 is 1. The standard InChI is InChI=1S/C19H20N2O2/c1-14-6-9-17(13-15(14)2)21-19(22)20-12-4-5-16-7-10-18(23-3)11-8-16/h6-11,13H,12H2,1-3H3,(H2,20,21,22). The molecule has 0 saturated carbocycles. The van der Waals surface area contributed by atoms with E-state index in [2.05, 4.69) is 22.5 Å². The molecule has 0 aliphatic carbocycles. The first-order valence-corrected chi connectivity index (χ1v) is 7.33. The molecule has 23 heavy (non-hydrogen) atoms. The van der Waals surface area contributed by atoms with Crippen LogP contribution in [0.3, 0.4) is 0 Å². The Balaban J connectivity index is 1.82. The summed E-state index contributed by atoms with van der Waals surface area (Å²) in [6, 6.07) is 13.0. The lowest BCUT2D eigenvalue weighted by Gasteiger charge is -2.07. The molecular formula is C19H20N2O2. The predicted octanol–water partition coefficient (Wildman–Crippen LogP) is 3.49. The third kappa shape index (κ3) is 5.08. The fraction of sp³-hybridized carbons (Fsp3) is 0.211. The first-order valence-electron chi connectivity index (χ1n) is 7.33. The number of urea groups is 1. The summed E-state index contributed by atoms with van der Waals surface area (Å²) in [7, 11) is 1.62. The minimum Gasteiger partial charge on any atom is -0.497 e. The lowest BCUT2D eigenvalue weighted by atomic mass is 10.1. The number of benzene rings is 2. The topological polar surface area (TPSA) is 50.4 Å². The first kappa shape index (κ1) is 16.4. The summed E-state index contributed by atoms with van der Waals surface area (Å²) in [5.41, 5.74) is 3.99. The predicted molar refractivity (Wildman–Crippen MR) is 92.8 cm³/mol. The van der Waals surface area contributed by atoms with Gasteiger partial charge in [0.2, 0.25) is 0 Å². The van der Waals surface area contributed by atoms with E-state index in [1.165, 1.54) is 5.56 Å². The zero-order valence-electron chi connectivity index (χ0n) is 13.6. The normalized spacial score (nSPS) is 9.52. The highest BCUT2D eigenvalue weighted by Crippen LogP contribution is 2.13. The number of anilines is 1. The van der Waals surface area contributed by atoms with E-state index >= 15 is 0 Å². The molecule has 2 N–H and O–H groups in total. The van der Waals surface area contributed by atoms with Crippen LogP contribution in [0.1, 0.15) is 16.7 Å². The van der Waals surface area contributed by atoms with Crippen molar-refractivity contribution in [2.45, 2.75) is 13.8 Å². The highest BCUT2D eigenvalue weighted by Gasteiger charge is 2.01. The van der Waals surface area contributed by atoms with Crippen molar-refractivity contribution in [3.63, 3.8) is 0 Å². The van der Waals surface area contributed by atoms with Gasteiger partial charge >= 0.3 is 6.03 Å². The Morgan fingerprint density at radius 2 is 1.83 bits per heavy atom. The van der Waals surface area contributed by atoms with E-state index in [1.807, 2.05) is 56.3 Å². The maximum absolute atomic E-state index is 11.8. The molecule has 0 unspecified atom stereocenters. The lowest BCUT2D eigenvalue weighted by molar-refractivity contribution is 0.253. The van der Waals surface area contributed by atoms with E-state index in [1.54, 1.807) is 7.11 Å². The zero-order chi connectivity index (χ0) is 16.7. The van der Waals surface area contributed by atoms with Gasteiger partial charge in [-0.15, -0.1) is 0 Å². The number of ether oxygens (including phenoxy) is 1. The molecule has 0 radical (unpaired) electrons. The van der Waals surface area contributed by atoms with Gasteiger partial charge in [0.15, 0.2) is 0 Å². The summed E-state index contributed by atoms with van der Waals surface area (Å²) in [5, 5.41) is 5.50. The van der Waals surface area contributed by atoms with Crippen molar-refractivity contribution < 1.29 is 9.53 Å². The van der Waals surface area contributed by atoms with Gasteiger partial charge in [0.1, 0.15) is 5.75 Å². The second-order valence-corrected chi connectivity index (χ2v) is 5.14. The van der Waals surface area contributed by atoms with Crippen LogP contribution in [-0.2, 0) is 0 Å². The summed E-state index contributed by atoms with van der Waals surface area (Å²) in [6.07, 6.45) is 0. The van der Waals surface area contributed by atoms with Gasteiger partial charge in [-0.2, -0.15) is 0 Å². The molecule has 0 saturated heterocycles. The van der Waals surface area contributed by atoms with E-state index in [4.69, 9.17) is 4.74 Å². The molecule has 2 amide bonds. The van der Waals surface area contributed by atoms with Crippen LogP contribution in [0.4, 0.5) is 10.5 Å². The number of amides is 2. The molecule has 0 bridgehead atoms. The minimum absolute atomic E-state index is 0.266. The SMILES string of the molecule is COc1ccc(C#CCNC(=O)Nc2ccc(C)c(C)c2)cc1. The van der Waals surface area contributed by atoms with Gasteiger partial charge in [0, 0.05) is 11.3 Å². The van der Waals surface area contributed by atoms with E-state index in [0.29, 0.717) is 0 Å². The molecule has 0 aromatic heterocycles. The lowest BCUT2D eigenvalue weighted by Crippen LogP contribution is -2.28. The van der Waals surface area contributed by atoms with Gasteiger partial charge in [-0.05, 0) is 61.4 Å². The maximum atomic E-state index is 11.8. The van der Waals surface area contributed by atoms with Crippen molar-refractivity contribution >= 4 is 11.7 Å². The van der Waals surface area contributed by atoms with E-state index in [9.17, 15) is 4.79 Å². The Morgan fingerprint density at radius 3 is 2.48 bits per heavy atom. The molecule has 2 rings (SSSR count). The monoisotopic (exact) mass is 308 g/mol. The van der Waals surface area contributed by atoms with Gasteiger partial charge in [-0.3, -0.25) is 0 Å². The zero-order valence-corrected chi connectivity index (χ0v) is 13.6. The molecule has 2 aromatic rings. The number of hydrogen-bond donors (Lipinski definition) is 2. The smallest absolute Gasteiger partial charge is 0.319 e. The number of carbonyl (C=O) groups is 1. The van der Waals surface area contributed by atoms with Crippen molar-refractivity contribution in [3.05, 3.63) is 59.2 Å². The summed E-state index contributed by atoms with van der Waals surface area (Å²) in [4.78, 5) is 11.8. The number of rotatable bonds is 3. The number of hydrogen-bond acceptors (Lipinski definition) is 2. The highest BCUT2D eigenvalue weighted by molar-refractivity contribution is 5.89. The van der Waals surface area contributed by atoms with Gasteiger partial charge in [-0.1, -0.05) is 17.9 Å². The molecule has 118 valence electrons. The Morgan fingerprint density at radius 1 is 1.09 bits per heavy atom. The summed E-state index contributed by atoms with van der Waals surface area (Å²) in [5.74, 6) is 6.69. The van der Waals surface area contributed by atoms with Crippen molar-refractivity contribution in [2.24, 2.45) is 0 Å². The Kier molecular flexibility index (Phi) is 5.65. The number of nitrogens with one attached hydrogen (secondary N) is 2. The third-order valence-electron chi connectivity index (χ3n) is 3.42. The van der Waals surface area contributed by atoms with Gasteiger partial charge < -0.3 is 15.4 Å². The van der Waals surface area contributed by atoms with Crippen molar-refractivity contribution in [1.82, 2.24) is 5.32 Å². The first-order chi connectivity index (χ1) is 11.1. The number of aryl methyl sites for hydroxylation is 2.